The predicted octanol–water partition coefficient (Wildman–Crippen LogP) is 1.95. The van der Waals surface area contributed by atoms with Crippen LogP contribution in [0.3, 0.4) is 0 Å². The number of hydrogen-bond acceptors (Lipinski definition) is 4. The van der Waals surface area contributed by atoms with Crippen LogP contribution in [0.15, 0.2) is 15.9 Å². The van der Waals surface area contributed by atoms with Crippen molar-refractivity contribution in [2.24, 2.45) is 0 Å². The summed E-state index contributed by atoms with van der Waals surface area (Å²) in [5.74, 6) is 0. The summed E-state index contributed by atoms with van der Waals surface area (Å²) >= 11 is 4.97. The lowest BCUT2D eigenvalue weighted by atomic mass is 10.1. The lowest BCUT2D eigenvalue weighted by Crippen LogP contribution is -2.36. The van der Waals surface area contributed by atoms with Gasteiger partial charge in [0.25, 0.3) is 0 Å². The highest BCUT2D eigenvalue weighted by Gasteiger charge is 2.26. The Morgan fingerprint density at radius 2 is 2.40 bits per heavy atom. The second kappa shape index (κ2) is 5.96. The van der Waals surface area contributed by atoms with Crippen molar-refractivity contribution in [1.29, 1.82) is 0 Å². The minimum Gasteiger partial charge on any atom is -0.383 e. The molecule has 5 heteroatoms. The second-order valence-electron chi connectivity index (χ2n) is 3.54. The number of halogens is 1. The fourth-order valence-corrected chi connectivity index (χ4v) is 3.13. The van der Waals surface area contributed by atoms with Crippen molar-refractivity contribution in [2.45, 2.75) is 12.5 Å². The molecule has 1 aromatic rings. The molecule has 3 nitrogen and oxygen atoms in total. The van der Waals surface area contributed by atoms with Gasteiger partial charge in [0.05, 0.1) is 11.5 Å². The molecule has 86 valence electrons. The SMILES string of the molecule is COCCNCC(C)(O)c1sccc1Br. The molecule has 1 unspecified atom stereocenters. The standard InChI is InChI=1S/C10H16BrNO2S/c1-10(13,7-12-4-5-14-2)9-8(11)3-6-15-9/h3,6,12-13H,4-5,7H2,1-2H3. The summed E-state index contributed by atoms with van der Waals surface area (Å²) in [5.41, 5.74) is -0.833. The van der Waals surface area contributed by atoms with Crippen LogP contribution in [0.1, 0.15) is 11.8 Å². The fourth-order valence-electron chi connectivity index (χ4n) is 1.26. The summed E-state index contributed by atoms with van der Waals surface area (Å²) in [4.78, 5) is 0.951. The molecule has 1 rings (SSSR count). The van der Waals surface area contributed by atoms with E-state index in [0.29, 0.717) is 13.2 Å². The van der Waals surface area contributed by atoms with Gasteiger partial charge in [0.2, 0.25) is 0 Å². The minimum atomic E-state index is -0.833. The normalized spacial score (nSPS) is 15.2. The number of methoxy groups -OCH3 is 1. The van der Waals surface area contributed by atoms with Crippen LogP contribution in [0.25, 0.3) is 0 Å². The predicted molar refractivity (Wildman–Crippen MR) is 66.3 cm³/mol. The molecule has 1 heterocycles. The third-order valence-corrected chi connectivity index (χ3v) is 4.15. The number of aliphatic hydroxyl groups is 1. The Kier molecular flexibility index (Phi) is 5.22. The van der Waals surface area contributed by atoms with Gasteiger partial charge in [-0.3, -0.25) is 0 Å². The molecule has 0 bridgehead atoms. The van der Waals surface area contributed by atoms with Crippen molar-refractivity contribution < 1.29 is 9.84 Å². The van der Waals surface area contributed by atoms with Crippen molar-refractivity contribution in [3.05, 3.63) is 20.8 Å². The van der Waals surface area contributed by atoms with Crippen molar-refractivity contribution in [3.8, 4) is 0 Å². The molecule has 0 aromatic carbocycles. The van der Waals surface area contributed by atoms with Gasteiger partial charge in [-0.05, 0) is 34.3 Å². The lowest BCUT2D eigenvalue weighted by molar-refractivity contribution is 0.0580. The molecule has 0 fully saturated rings. The molecule has 15 heavy (non-hydrogen) atoms. The summed E-state index contributed by atoms with van der Waals surface area (Å²) in [5, 5.41) is 15.3. The van der Waals surface area contributed by atoms with E-state index in [9.17, 15) is 5.11 Å². The van der Waals surface area contributed by atoms with Crippen LogP contribution in [0.5, 0.6) is 0 Å². The lowest BCUT2D eigenvalue weighted by Gasteiger charge is -2.23. The van der Waals surface area contributed by atoms with Gasteiger partial charge in [-0.2, -0.15) is 0 Å². The first-order valence-electron chi connectivity index (χ1n) is 4.73. The molecule has 0 spiro atoms. The topological polar surface area (TPSA) is 41.5 Å². The van der Waals surface area contributed by atoms with E-state index in [4.69, 9.17) is 4.74 Å². The number of nitrogens with one attached hydrogen (secondary N) is 1. The quantitative estimate of drug-likeness (QED) is 0.788. The van der Waals surface area contributed by atoms with Crippen LogP contribution in [0, 0.1) is 0 Å². The number of hydrogen-bond donors (Lipinski definition) is 2. The molecular weight excluding hydrogens is 278 g/mol. The summed E-state index contributed by atoms with van der Waals surface area (Å²) in [6.07, 6.45) is 0. The molecule has 0 saturated carbocycles. The van der Waals surface area contributed by atoms with Crippen molar-refractivity contribution in [1.82, 2.24) is 5.32 Å². The number of ether oxygens (including phenoxy) is 1. The van der Waals surface area contributed by atoms with E-state index in [2.05, 4.69) is 21.2 Å². The Bertz CT molecular complexity index is 301. The first-order chi connectivity index (χ1) is 7.08. The Morgan fingerprint density at radius 3 is 2.93 bits per heavy atom. The zero-order valence-electron chi connectivity index (χ0n) is 8.92. The largest absolute Gasteiger partial charge is 0.383 e. The van der Waals surface area contributed by atoms with E-state index >= 15 is 0 Å². The van der Waals surface area contributed by atoms with Gasteiger partial charge in [0, 0.05) is 24.7 Å². The van der Waals surface area contributed by atoms with E-state index < -0.39 is 5.60 Å². The monoisotopic (exact) mass is 293 g/mol. The molecular formula is C10H16BrNO2S. The van der Waals surface area contributed by atoms with Gasteiger partial charge in [-0.25, -0.2) is 0 Å². The first-order valence-corrected chi connectivity index (χ1v) is 6.40. The van der Waals surface area contributed by atoms with E-state index in [1.54, 1.807) is 18.4 Å². The van der Waals surface area contributed by atoms with Crippen LogP contribution in [0.4, 0.5) is 0 Å². The Labute approximate surface area is 103 Å². The molecule has 0 aliphatic carbocycles. The molecule has 0 aliphatic rings. The zero-order chi connectivity index (χ0) is 11.3. The molecule has 0 aliphatic heterocycles. The maximum Gasteiger partial charge on any atom is 0.109 e. The van der Waals surface area contributed by atoms with Crippen LogP contribution in [-0.2, 0) is 10.3 Å². The second-order valence-corrected chi connectivity index (χ2v) is 5.31. The molecule has 0 saturated heterocycles. The summed E-state index contributed by atoms with van der Waals surface area (Å²) < 4.78 is 5.88. The van der Waals surface area contributed by atoms with Gasteiger partial charge in [0.15, 0.2) is 0 Å². The van der Waals surface area contributed by atoms with Crippen molar-refractivity contribution >= 4 is 27.3 Å². The number of rotatable bonds is 6. The van der Waals surface area contributed by atoms with Gasteiger partial charge in [-0.1, -0.05) is 0 Å². The smallest absolute Gasteiger partial charge is 0.109 e. The van der Waals surface area contributed by atoms with Crippen LogP contribution in [0.2, 0.25) is 0 Å². The van der Waals surface area contributed by atoms with Gasteiger partial charge < -0.3 is 15.2 Å². The molecule has 2 N–H and O–H groups in total. The summed E-state index contributed by atoms with van der Waals surface area (Å²) in [6, 6.07) is 1.95. The first kappa shape index (κ1) is 13.1. The Balaban J connectivity index is 2.48. The van der Waals surface area contributed by atoms with Crippen LogP contribution in [-0.4, -0.2) is 31.9 Å². The maximum absolute atomic E-state index is 10.2. The third-order valence-electron chi connectivity index (χ3n) is 2.06. The zero-order valence-corrected chi connectivity index (χ0v) is 11.3. The highest BCUT2D eigenvalue weighted by molar-refractivity contribution is 9.10. The third kappa shape index (κ3) is 3.85. The Morgan fingerprint density at radius 1 is 1.67 bits per heavy atom. The maximum atomic E-state index is 10.2. The van der Waals surface area contributed by atoms with E-state index in [1.165, 1.54) is 0 Å². The highest BCUT2D eigenvalue weighted by atomic mass is 79.9. The average molecular weight is 294 g/mol. The number of thiophene rings is 1. The van der Waals surface area contributed by atoms with Crippen molar-refractivity contribution in [2.75, 3.05) is 26.8 Å². The van der Waals surface area contributed by atoms with E-state index in [1.807, 2.05) is 18.4 Å². The molecule has 1 aromatic heterocycles. The molecule has 0 radical (unpaired) electrons. The highest BCUT2D eigenvalue weighted by Crippen LogP contribution is 2.32. The molecule has 1 atom stereocenters. The average Bonchev–Trinajstić information content (AvgIpc) is 2.60. The van der Waals surface area contributed by atoms with E-state index in [-0.39, 0.29) is 0 Å². The van der Waals surface area contributed by atoms with Gasteiger partial charge in [0.1, 0.15) is 5.60 Å². The van der Waals surface area contributed by atoms with E-state index in [0.717, 1.165) is 15.9 Å². The van der Waals surface area contributed by atoms with Gasteiger partial charge in [-0.15, -0.1) is 11.3 Å². The summed E-state index contributed by atoms with van der Waals surface area (Å²) in [6.45, 7) is 3.73. The summed E-state index contributed by atoms with van der Waals surface area (Å²) in [7, 11) is 1.66. The van der Waals surface area contributed by atoms with Gasteiger partial charge >= 0.3 is 0 Å². The molecule has 0 amide bonds. The van der Waals surface area contributed by atoms with Crippen LogP contribution >= 0.6 is 27.3 Å². The fraction of sp³-hybridized carbons (Fsp3) is 0.600. The van der Waals surface area contributed by atoms with Crippen molar-refractivity contribution in [3.63, 3.8) is 0 Å². The minimum absolute atomic E-state index is 0.523. The van der Waals surface area contributed by atoms with Crippen LogP contribution < -0.4 is 5.32 Å². The Hall–Kier alpha value is 0.0600.